The van der Waals surface area contributed by atoms with Gasteiger partial charge in [0.05, 0.1) is 28.2 Å². The van der Waals surface area contributed by atoms with Crippen LogP contribution in [0.4, 0.5) is 9.52 Å². The van der Waals surface area contributed by atoms with Crippen molar-refractivity contribution in [2.75, 3.05) is 10.7 Å². The zero-order valence-corrected chi connectivity index (χ0v) is 18.9. The number of pyridine rings is 1. The van der Waals surface area contributed by atoms with Gasteiger partial charge in [0, 0.05) is 11.1 Å². The highest BCUT2D eigenvalue weighted by Gasteiger charge is 2.22. The van der Waals surface area contributed by atoms with E-state index in [2.05, 4.69) is 24.9 Å². The maximum atomic E-state index is 13.3. The molecule has 2 aromatic heterocycles. The zero-order valence-electron chi connectivity index (χ0n) is 17.3. The van der Waals surface area contributed by atoms with E-state index in [9.17, 15) is 9.18 Å². The normalized spacial score (nSPS) is 11.2. The van der Waals surface area contributed by atoms with Crippen LogP contribution in [0.5, 0.6) is 0 Å². The number of hydrogen-bond donors (Lipinski definition) is 0. The quantitative estimate of drug-likeness (QED) is 0.310. The second-order valence-corrected chi connectivity index (χ2v) is 9.45. The van der Waals surface area contributed by atoms with Crippen molar-refractivity contribution in [3.05, 3.63) is 83.9 Å². The van der Waals surface area contributed by atoms with Crippen LogP contribution in [0.2, 0.25) is 0 Å². The maximum Gasteiger partial charge on any atom is 0.239 e. The summed E-state index contributed by atoms with van der Waals surface area (Å²) < 4.78 is 14.2. The highest BCUT2D eigenvalue weighted by Crippen LogP contribution is 2.34. The predicted octanol–water partition coefficient (Wildman–Crippen LogP) is 6.28. The van der Waals surface area contributed by atoms with Gasteiger partial charge in [-0.25, -0.2) is 9.37 Å². The number of thioether (sulfide) groups is 1. The second-order valence-electron chi connectivity index (χ2n) is 7.39. The lowest BCUT2D eigenvalue weighted by Crippen LogP contribution is -2.32. The van der Waals surface area contributed by atoms with E-state index < -0.39 is 0 Å². The summed E-state index contributed by atoms with van der Waals surface area (Å²) in [7, 11) is 0. The molecule has 2 heterocycles. The van der Waals surface area contributed by atoms with Crippen LogP contribution in [0.25, 0.3) is 10.2 Å². The number of carbonyl (C=O) groups excluding carboxylic acids is 1. The Balaban J connectivity index is 1.64. The molecule has 0 saturated heterocycles. The third-order valence-corrected chi connectivity index (χ3v) is 6.86. The third kappa shape index (κ3) is 5.11. The third-order valence-electron chi connectivity index (χ3n) is 4.82. The second kappa shape index (κ2) is 9.58. The summed E-state index contributed by atoms with van der Waals surface area (Å²) in [6, 6.07) is 18.0. The van der Waals surface area contributed by atoms with E-state index in [0.717, 1.165) is 20.8 Å². The molecule has 0 atom stereocenters. The van der Waals surface area contributed by atoms with E-state index in [-0.39, 0.29) is 17.5 Å². The SMILES string of the molecule is CC(C)c1cccc2sc(N(Cc3ccccn3)C(=O)CSc3ccc(F)cc3)nc12. The van der Waals surface area contributed by atoms with Crippen LogP contribution in [0.3, 0.4) is 0 Å². The Kier molecular flexibility index (Phi) is 6.63. The molecule has 1 amide bonds. The van der Waals surface area contributed by atoms with Crippen LogP contribution in [-0.4, -0.2) is 21.6 Å². The number of amides is 1. The molecule has 0 aliphatic rings. The molecule has 0 radical (unpaired) electrons. The minimum Gasteiger partial charge on any atom is -0.281 e. The van der Waals surface area contributed by atoms with E-state index in [4.69, 9.17) is 4.98 Å². The van der Waals surface area contributed by atoms with Crippen molar-refractivity contribution in [3.8, 4) is 0 Å². The Bertz CT molecular complexity index is 1180. The Morgan fingerprint density at radius 2 is 1.90 bits per heavy atom. The standard InChI is InChI=1S/C24H22FN3OS2/c1-16(2)20-7-5-8-21-23(20)27-24(31-21)28(14-18-6-3-4-13-26-18)22(29)15-30-19-11-9-17(25)10-12-19/h3-13,16H,14-15H2,1-2H3. The van der Waals surface area contributed by atoms with Gasteiger partial charge in [-0.15, -0.1) is 11.8 Å². The summed E-state index contributed by atoms with van der Waals surface area (Å²) in [5.74, 6) is 0.214. The number of rotatable bonds is 7. The number of carbonyl (C=O) groups is 1. The van der Waals surface area contributed by atoms with Gasteiger partial charge in [-0.2, -0.15) is 0 Å². The molecule has 0 fully saturated rings. The van der Waals surface area contributed by atoms with Crippen LogP contribution in [0.15, 0.2) is 71.8 Å². The summed E-state index contributed by atoms with van der Waals surface area (Å²) in [6.07, 6.45) is 1.72. The molecule has 0 N–H and O–H groups in total. The number of hydrogen-bond acceptors (Lipinski definition) is 5. The molecule has 0 spiro atoms. The first-order valence-corrected chi connectivity index (χ1v) is 11.8. The molecular weight excluding hydrogens is 429 g/mol. The van der Waals surface area contributed by atoms with Crippen LogP contribution < -0.4 is 4.90 Å². The fourth-order valence-electron chi connectivity index (χ4n) is 3.21. The van der Waals surface area contributed by atoms with Crippen LogP contribution >= 0.6 is 23.1 Å². The van der Waals surface area contributed by atoms with E-state index in [0.29, 0.717) is 17.6 Å². The molecule has 0 aliphatic heterocycles. The van der Waals surface area contributed by atoms with Crippen molar-refractivity contribution < 1.29 is 9.18 Å². The highest BCUT2D eigenvalue weighted by atomic mass is 32.2. The molecule has 4 nitrogen and oxygen atoms in total. The first-order chi connectivity index (χ1) is 15.0. The lowest BCUT2D eigenvalue weighted by atomic mass is 10.0. The number of thiazole rings is 1. The van der Waals surface area contributed by atoms with Gasteiger partial charge in [0.15, 0.2) is 5.13 Å². The molecule has 0 saturated carbocycles. The number of nitrogens with zero attached hydrogens (tertiary/aromatic N) is 3. The van der Waals surface area contributed by atoms with Crippen molar-refractivity contribution in [2.24, 2.45) is 0 Å². The van der Waals surface area contributed by atoms with Gasteiger partial charge in [-0.3, -0.25) is 14.7 Å². The zero-order chi connectivity index (χ0) is 21.8. The van der Waals surface area contributed by atoms with E-state index in [1.54, 1.807) is 23.2 Å². The first-order valence-electron chi connectivity index (χ1n) is 9.99. The molecule has 158 valence electrons. The van der Waals surface area contributed by atoms with Crippen molar-refractivity contribution >= 4 is 44.4 Å². The Morgan fingerprint density at radius 1 is 1.10 bits per heavy atom. The summed E-state index contributed by atoms with van der Waals surface area (Å²) in [5, 5.41) is 0.665. The molecule has 7 heteroatoms. The Morgan fingerprint density at radius 3 is 2.61 bits per heavy atom. The minimum absolute atomic E-state index is 0.0647. The minimum atomic E-state index is -0.289. The smallest absolute Gasteiger partial charge is 0.239 e. The van der Waals surface area contributed by atoms with Gasteiger partial charge >= 0.3 is 0 Å². The van der Waals surface area contributed by atoms with Crippen LogP contribution in [0.1, 0.15) is 31.0 Å². The summed E-state index contributed by atoms with van der Waals surface area (Å²) in [5.41, 5.74) is 2.92. The van der Waals surface area contributed by atoms with Crippen LogP contribution in [0, 0.1) is 5.82 Å². The van der Waals surface area contributed by atoms with E-state index in [1.807, 2.05) is 30.3 Å². The number of anilines is 1. The fraction of sp³-hybridized carbons (Fsp3) is 0.208. The van der Waals surface area contributed by atoms with Gasteiger partial charge in [-0.05, 0) is 53.9 Å². The van der Waals surface area contributed by atoms with Crippen molar-refractivity contribution in [2.45, 2.75) is 31.2 Å². The summed E-state index contributed by atoms with van der Waals surface area (Å²) >= 11 is 2.90. The predicted molar refractivity (Wildman–Crippen MR) is 126 cm³/mol. The van der Waals surface area contributed by atoms with Gasteiger partial charge < -0.3 is 0 Å². The topological polar surface area (TPSA) is 46.1 Å². The lowest BCUT2D eigenvalue weighted by Gasteiger charge is -2.19. The number of halogens is 1. The van der Waals surface area contributed by atoms with Crippen molar-refractivity contribution in [3.63, 3.8) is 0 Å². The molecule has 0 aliphatic carbocycles. The number of fused-ring (bicyclic) bond motifs is 1. The number of aromatic nitrogens is 2. The highest BCUT2D eigenvalue weighted by molar-refractivity contribution is 8.00. The van der Waals surface area contributed by atoms with Gasteiger partial charge in [-0.1, -0.05) is 43.4 Å². The lowest BCUT2D eigenvalue weighted by molar-refractivity contribution is -0.116. The molecule has 4 rings (SSSR count). The monoisotopic (exact) mass is 451 g/mol. The maximum absolute atomic E-state index is 13.3. The molecule has 2 aromatic carbocycles. The Labute approximate surface area is 189 Å². The largest absolute Gasteiger partial charge is 0.281 e. The molecule has 0 bridgehead atoms. The van der Waals surface area contributed by atoms with Gasteiger partial charge in [0.2, 0.25) is 5.91 Å². The van der Waals surface area contributed by atoms with Gasteiger partial charge in [0.1, 0.15) is 5.82 Å². The molecule has 4 aromatic rings. The Hall–Kier alpha value is -2.77. The van der Waals surface area contributed by atoms with Gasteiger partial charge in [0.25, 0.3) is 0 Å². The molecule has 31 heavy (non-hydrogen) atoms. The van der Waals surface area contributed by atoms with E-state index in [1.165, 1.54) is 40.8 Å². The summed E-state index contributed by atoms with van der Waals surface area (Å²) in [6.45, 7) is 4.63. The first kappa shape index (κ1) is 21.5. The average molecular weight is 452 g/mol. The van der Waals surface area contributed by atoms with E-state index >= 15 is 0 Å². The number of benzene rings is 2. The van der Waals surface area contributed by atoms with Crippen LogP contribution in [-0.2, 0) is 11.3 Å². The summed E-state index contributed by atoms with van der Waals surface area (Å²) in [4.78, 5) is 25.0. The molecular formula is C24H22FN3OS2. The number of para-hydroxylation sites is 1. The fourth-order valence-corrected chi connectivity index (χ4v) is 5.00. The molecule has 0 unspecified atom stereocenters. The van der Waals surface area contributed by atoms with Crippen molar-refractivity contribution in [1.82, 2.24) is 9.97 Å². The average Bonchev–Trinajstić information content (AvgIpc) is 3.21. The van der Waals surface area contributed by atoms with Crippen molar-refractivity contribution in [1.29, 1.82) is 0 Å².